The van der Waals surface area contributed by atoms with Crippen LogP contribution in [0.15, 0.2) is 30.3 Å². The Morgan fingerprint density at radius 2 is 1.87 bits per heavy atom. The lowest BCUT2D eigenvalue weighted by molar-refractivity contribution is -0.156. The third kappa shape index (κ3) is 4.63. The van der Waals surface area contributed by atoms with Crippen molar-refractivity contribution in [3.8, 4) is 0 Å². The summed E-state index contributed by atoms with van der Waals surface area (Å²) in [6.07, 6.45) is 2.73. The Labute approximate surface area is 176 Å². The molecule has 1 aliphatic heterocycles. The van der Waals surface area contributed by atoms with Crippen molar-refractivity contribution < 1.29 is 23.9 Å². The fourth-order valence-electron chi connectivity index (χ4n) is 4.14. The summed E-state index contributed by atoms with van der Waals surface area (Å²) in [5.74, 6) is -1.42. The topological polar surface area (TPSA) is 105 Å². The molecule has 8 nitrogen and oxygen atoms in total. The van der Waals surface area contributed by atoms with Crippen molar-refractivity contribution in [2.75, 3.05) is 13.1 Å². The number of benzene rings is 1. The highest BCUT2D eigenvalue weighted by Crippen LogP contribution is 2.34. The van der Waals surface area contributed by atoms with Crippen LogP contribution in [0.1, 0.15) is 57.4 Å². The normalized spacial score (nSPS) is 19.5. The number of urea groups is 1. The molecule has 1 aliphatic carbocycles. The maximum Gasteiger partial charge on any atom is 0.327 e. The van der Waals surface area contributed by atoms with E-state index in [-0.39, 0.29) is 11.8 Å². The van der Waals surface area contributed by atoms with Crippen molar-refractivity contribution in [3.63, 3.8) is 0 Å². The zero-order valence-corrected chi connectivity index (χ0v) is 17.5. The van der Waals surface area contributed by atoms with Gasteiger partial charge >= 0.3 is 12.0 Å². The molecular weight excluding hydrogens is 386 g/mol. The highest BCUT2D eigenvalue weighted by atomic mass is 16.5. The summed E-state index contributed by atoms with van der Waals surface area (Å²) in [5.41, 5.74) is 0.261. The molecule has 2 fully saturated rings. The second-order valence-electron chi connectivity index (χ2n) is 8.00. The first-order valence-corrected chi connectivity index (χ1v) is 10.5. The third-order valence-corrected chi connectivity index (χ3v) is 5.95. The molecule has 3 rings (SSSR count). The van der Waals surface area contributed by atoms with Crippen molar-refractivity contribution in [1.82, 2.24) is 15.5 Å². The summed E-state index contributed by atoms with van der Waals surface area (Å²) in [7, 11) is 0. The molecule has 0 bridgehead atoms. The Kier molecular flexibility index (Phi) is 6.74. The summed E-state index contributed by atoms with van der Waals surface area (Å²) < 4.78 is 5.17. The Bertz CT molecular complexity index is 804. The van der Waals surface area contributed by atoms with Gasteiger partial charge in [-0.15, -0.1) is 0 Å². The minimum Gasteiger partial charge on any atom is -0.451 e. The highest BCUT2D eigenvalue weighted by Gasteiger charge is 2.52. The van der Waals surface area contributed by atoms with Gasteiger partial charge in [-0.2, -0.15) is 0 Å². The van der Waals surface area contributed by atoms with E-state index in [4.69, 9.17) is 4.74 Å². The van der Waals surface area contributed by atoms with Crippen molar-refractivity contribution in [3.05, 3.63) is 35.9 Å². The van der Waals surface area contributed by atoms with Gasteiger partial charge < -0.3 is 15.4 Å². The van der Waals surface area contributed by atoms with Gasteiger partial charge in [-0.1, -0.05) is 50.1 Å². The summed E-state index contributed by atoms with van der Waals surface area (Å²) in [5, 5.41) is 5.53. The molecule has 1 heterocycles. The van der Waals surface area contributed by atoms with Gasteiger partial charge in [0.25, 0.3) is 11.8 Å². The third-order valence-electron chi connectivity index (χ3n) is 5.95. The molecule has 1 spiro atoms. The number of ether oxygens (including phenoxy) is 1. The van der Waals surface area contributed by atoms with E-state index >= 15 is 0 Å². The van der Waals surface area contributed by atoms with Crippen LogP contribution in [0, 0.1) is 0 Å². The lowest BCUT2D eigenvalue weighted by Crippen LogP contribution is -2.45. The Hall–Kier alpha value is -2.90. The maximum absolute atomic E-state index is 12.6. The van der Waals surface area contributed by atoms with Crippen LogP contribution in [-0.2, 0) is 19.1 Å². The number of hydrogen-bond donors (Lipinski definition) is 2. The minimum absolute atomic E-state index is 0.159. The average Bonchev–Trinajstić information content (AvgIpc) is 3.29. The summed E-state index contributed by atoms with van der Waals surface area (Å²) in [6, 6.07) is 9.30. The maximum atomic E-state index is 12.6. The van der Waals surface area contributed by atoms with Crippen LogP contribution < -0.4 is 10.6 Å². The quantitative estimate of drug-likeness (QED) is 0.500. The van der Waals surface area contributed by atoms with Gasteiger partial charge in [0, 0.05) is 12.5 Å². The highest BCUT2D eigenvalue weighted by molar-refractivity contribution is 6.08. The van der Waals surface area contributed by atoms with E-state index in [0.29, 0.717) is 19.4 Å². The predicted molar refractivity (Wildman–Crippen MR) is 109 cm³/mol. The van der Waals surface area contributed by atoms with Gasteiger partial charge in [-0.3, -0.25) is 19.3 Å². The fraction of sp³-hybridized carbons (Fsp3) is 0.545. The van der Waals surface area contributed by atoms with E-state index in [2.05, 4.69) is 10.6 Å². The number of carbonyl (C=O) groups is 4. The zero-order valence-electron chi connectivity index (χ0n) is 17.5. The molecule has 2 N–H and O–H groups in total. The van der Waals surface area contributed by atoms with Crippen molar-refractivity contribution in [1.29, 1.82) is 0 Å². The monoisotopic (exact) mass is 415 g/mol. The number of amides is 4. The lowest BCUT2D eigenvalue weighted by atomic mass is 9.96. The van der Waals surface area contributed by atoms with Gasteiger partial charge in [0.15, 0.2) is 6.10 Å². The average molecular weight is 415 g/mol. The fourth-order valence-corrected chi connectivity index (χ4v) is 4.14. The van der Waals surface area contributed by atoms with Gasteiger partial charge in [0.2, 0.25) is 0 Å². The van der Waals surface area contributed by atoms with Crippen LogP contribution in [0.25, 0.3) is 0 Å². The first kappa shape index (κ1) is 21.8. The largest absolute Gasteiger partial charge is 0.451 e. The summed E-state index contributed by atoms with van der Waals surface area (Å²) in [6.45, 7) is 3.45. The summed E-state index contributed by atoms with van der Waals surface area (Å²) in [4.78, 5) is 50.2. The molecule has 1 aromatic carbocycles. The number of imide groups is 1. The molecule has 30 heavy (non-hydrogen) atoms. The standard InChI is InChI=1S/C22H29N3O5/c1-3-16(17-9-5-4-6-10-17)13-23-19(27)15(2)30-18(26)14-25-20(28)22(24-21(25)29)11-7-8-12-22/h4-6,9-10,15-16H,3,7-8,11-14H2,1-2H3,(H,23,27)(H,24,29)/t15-,16+/m1/s1. The Morgan fingerprint density at radius 3 is 2.50 bits per heavy atom. The lowest BCUT2D eigenvalue weighted by Gasteiger charge is -2.20. The van der Waals surface area contributed by atoms with Crippen LogP contribution in [0.2, 0.25) is 0 Å². The van der Waals surface area contributed by atoms with E-state index in [9.17, 15) is 19.2 Å². The first-order chi connectivity index (χ1) is 14.4. The van der Waals surface area contributed by atoms with Crippen molar-refractivity contribution >= 4 is 23.8 Å². The van der Waals surface area contributed by atoms with Gasteiger partial charge in [-0.05, 0) is 31.7 Å². The van der Waals surface area contributed by atoms with Crippen molar-refractivity contribution in [2.24, 2.45) is 0 Å². The van der Waals surface area contributed by atoms with Crippen LogP contribution in [0.4, 0.5) is 4.79 Å². The molecule has 0 radical (unpaired) electrons. The van der Waals surface area contributed by atoms with Crippen LogP contribution in [0.5, 0.6) is 0 Å². The predicted octanol–water partition coefficient (Wildman–Crippen LogP) is 2.09. The SMILES string of the molecule is CC[C@@H](CNC(=O)[C@@H](C)OC(=O)CN1C(=O)NC2(CCCC2)C1=O)c1ccccc1. The minimum atomic E-state index is -1.02. The number of esters is 1. The molecule has 4 amide bonds. The van der Waals surface area contributed by atoms with Crippen molar-refractivity contribution in [2.45, 2.75) is 63.5 Å². The molecule has 1 saturated heterocycles. The van der Waals surface area contributed by atoms with Gasteiger partial charge in [0.1, 0.15) is 12.1 Å². The molecule has 0 unspecified atom stereocenters. The van der Waals surface area contributed by atoms with Gasteiger partial charge in [0.05, 0.1) is 0 Å². The van der Waals surface area contributed by atoms with Crippen LogP contribution >= 0.6 is 0 Å². The van der Waals surface area contributed by atoms with E-state index in [1.54, 1.807) is 0 Å². The number of nitrogens with one attached hydrogen (secondary N) is 2. The number of hydrogen-bond acceptors (Lipinski definition) is 5. The molecular formula is C22H29N3O5. The second-order valence-corrected chi connectivity index (χ2v) is 8.00. The number of nitrogens with zero attached hydrogens (tertiary/aromatic N) is 1. The molecule has 162 valence electrons. The molecule has 1 aromatic rings. The molecule has 2 atom stereocenters. The van der Waals surface area contributed by atoms with E-state index in [1.165, 1.54) is 6.92 Å². The smallest absolute Gasteiger partial charge is 0.327 e. The zero-order chi connectivity index (χ0) is 21.7. The van der Waals surface area contributed by atoms with Crippen LogP contribution in [-0.4, -0.2) is 53.4 Å². The van der Waals surface area contributed by atoms with Crippen LogP contribution in [0.3, 0.4) is 0 Å². The van der Waals surface area contributed by atoms with Gasteiger partial charge in [-0.25, -0.2) is 4.79 Å². The number of carbonyl (C=O) groups excluding carboxylic acids is 4. The molecule has 1 saturated carbocycles. The molecule has 2 aliphatic rings. The molecule has 0 aromatic heterocycles. The number of rotatable bonds is 8. The van der Waals surface area contributed by atoms with E-state index in [1.807, 2.05) is 37.3 Å². The molecule has 8 heteroatoms. The second kappa shape index (κ2) is 9.28. The van der Waals surface area contributed by atoms with E-state index < -0.39 is 36.1 Å². The Morgan fingerprint density at radius 1 is 1.20 bits per heavy atom. The first-order valence-electron chi connectivity index (χ1n) is 10.5. The summed E-state index contributed by atoms with van der Waals surface area (Å²) >= 11 is 0. The van der Waals surface area contributed by atoms with E-state index in [0.717, 1.165) is 29.7 Å². The Balaban J connectivity index is 1.48.